The van der Waals surface area contributed by atoms with Gasteiger partial charge in [0.05, 0.1) is 11.5 Å². The molecule has 0 spiro atoms. The highest BCUT2D eigenvalue weighted by Gasteiger charge is 2.37. The van der Waals surface area contributed by atoms with E-state index in [2.05, 4.69) is 6.92 Å². The Morgan fingerprint density at radius 2 is 1.93 bits per heavy atom. The average molecular weight is 231 g/mol. The van der Waals surface area contributed by atoms with Crippen molar-refractivity contribution in [3.63, 3.8) is 0 Å². The highest BCUT2D eigenvalue weighted by Crippen LogP contribution is 2.36. The van der Waals surface area contributed by atoms with Gasteiger partial charge in [0, 0.05) is 6.04 Å². The summed E-state index contributed by atoms with van der Waals surface area (Å²) >= 11 is 0. The van der Waals surface area contributed by atoms with Gasteiger partial charge in [-0.05, 0) is 43.4 Å². The topological polar surface area (TPSA) is 60.2 Å². The molecule has 88 valence electrons. The molecule has 3 unspecified atom stereocenters. The van der Waals surface area contributed by atoms with Crippen LogP contribution in [0, 0.1) is 17.8 Å². The first kappa shape index (κ1) is 11.4. The number of hydrogen-bond acceptors (Lipinski definition) is 3. The summed E-state index contributed by atoms with van der Waals surface area (Å²) in [6.45, 7) is 2.28. The molecule has 1 aliphatic carbocycles. The summed E-state index contributed by atoms with van der Waals surface area (Å²) in [5.74, 6) is 2.66. The van der Waals surface area contributed by atoms with E-state index in [0.717, 1.165) is 25.2 Å². The molecular weight excluding hydrogens is 210 g/mol. The molecule has 2 rings (SSSR count). The van der Waals surface area contributed by atoms with Crippen LogP contribution in [-0.2, 0) is 9.84 Å². The minimum Gasteiger partial charge on any atom is -0.328 e. The van der Waals surface area contributed by atoms with E-state index in [1.807, 2.05) is 0 Å². The van der Waals surface area contributed by atoms with Gasteiger partial charge in [0.1, 0.15) is 0 Å². The van der Waals surface area contributed by atoms with Crippen LogP contribution in [0.4, 0.5) is 0 Å². The molecule has 15 heavy (non-hydrogen) atoms. The van der Waals surface area contributed by atoms with Crippen molar-refractivity contribution >= 4 is 9.84 Å². The Morgan fingerprint density at radius 1 is 1.27 bits per heavy atom. The number of sulfone groups is 1. The molecule has 0 radical (unpaired) electrons. The molecular formula is C11H21NO2S. The molecule has 0 bridgehead atoms. The Balaban J connectivity index is 1.83. The maximum absolute atomic E-state index is 11.1. The second-order valence-electron chi connectivity index (χ2n) is 5.49. The smallest absolute Gasteiger partial charge is 0.150 e. The summed E-state index contributed by atoms with van der Waals surface area (Å²) in [4.78, 5) is 0. The van der Waals surface area contributed by atoms with Crippen LogP contribution in [0.25, 0.3) is 0 Å². The maximum Gasteiger partial charge on any atom is 0.150 e. The van der Waals surface area contributed by atoms with Gasteiger partial charge < -0.3 is 5.73 Å². The second kappa shape index (κ2) is 4.06. The van der Waals surface area contributed by atoms with Crippen molar-refractivity contribution in [3.8, 4) is 0 Å². The molecule has 3 nitrogen and oxygen atoms in total. The van der Waals surface area contributed by atoms with E-state index in [9.17, 15) is 8.42 Å². The Labute approximate surface area is 92.3 Å². The van der Waals surface area contributed by atoms with Crippen molar-refractivity contribution in [2.75, 3.05) is 11.5 Å². The molecule has 1 saturated carbocycles. The lowest BCUT2D eigenvalue weighted by atomic mass is 9.74. The molecule has 4 heteroatoms. The van der Waals surface area contributed by atoms with Gasteiger partial charge in [-0.2, -0.15) is 0 Å². The van der Waals surface area contributed by atoms with Crippen LogP contribution in [0.2, 0.25) is 0 Å². The van der Waals surface area contributed by atoms with E-state index >= 15 is 0 Å². The predicted octanol–water partition coefficient (Wildman–Crippen LogP) is 1.18. The molecule has 0 amide bonds. The van der Waals surface area contributed by atoms with Gasteiger partial charge in [-0.15, -0.1) is 0 Å². The molecule has 0 aromatic carbocycles. The van der Waals surface area contributed by atoms with Crippen molar-refractivity contribution in [2.45, 2.75) is 38.6 Å². The Morgan fingerprint density at radius 3 is 2.53 bits per heavy atom. The van der Waals surface area contributed by atoms with Crippen molar-refractivity contribution in [1.82, 2.24) is 0 Å². The van der Waals surface area contributed by atoms with Crippen molar-refractivity contribution < 1.29 is 8.42 Å². The molecule has 0 aromatic heterocycles. The Bertz CT molecular complexity index is 313. The molecule has 1 aliphatic heterocycles. The predicted molar refractivity (Wildman–Crippen MR) is 61.2 cm³/mol. The van der Waals surface area contributed by atoms with Crippen LogP contribution < -0.4 is 5.73 Å². The van der Waals surface area contributed by atoms with Crippen molar-refractivity contribution in [1.29, 1.82) is 0 Å². The highest BCUT2D eigenvalue weighted by molar-refractivity contribution is 7.92. The molecule has 1 saturated heterocycles. The van der Waals surface area contributed by atoms with E-state index in [-0.39, 0.29) is 0 Å². The maximum atomic E-state index is 11.1. The van der Waals surface area contributed by atoms with Crippen LogP contribution in [0.15, 0.2) is 0 Å². The van der Waals surface area contributed by atoms with E-state index in [1.165, 1.54) is 6.42 Å². The summed E-state index contributed by atoms with van der Waals surface area (Å²) in [6, 6.07) is 0.350. The van der Waals surface area contributed by atoms with Crippen LogP contribution >= 0.6 is 0 Å². The molecule has 2 aliphatic rings. The third-order valence-corrected chi connectivity index (χ3v) is 5.98. The van der Waals surface area contributed by atoms with Gasteiger partial charge in [0.25, 0.3) is 0 Å². The third kappa shape index (κ3) is 2.72. The lowest BCUT2D eigenvalue weighted by Gasteiger charge is -2.37. The SMILES string of the molecule is CC1CCC(N)CC1CC1CS(=O)(=O)C1. The molecule has 2 fully saturated rings. The summed E-state index contributed by atoms with van der Waals surface area (Å²) in [6.07, 6.45) is 4.53. The van der Waals surface area contributed by atoms with E-state index in [0.29, 0.717) is 29.4 Å². The first-order valence-corrected chi connectivity index (χ1v) is 7.74. The number of nitrogens with two attached hydrogens (primary N) is 1. The lowest BCUT2D eigenvalue weighted by Crippen LogP contribution is -2.40. The zero-order valence-corrected chi connectivity index (χ0v) is 10.2. The van der Waals surface area contributed by atoms with E-state index in [4.69, 9.17) is 5.73 Å². The van der Waals surface area contributed by atoms with Gasteiger partial charge in [0.15, 0.2) is 9.84 Å². The van der Waals surface area contributed by atoms with Crippen molar-refractivity contribution in [2.24, 2.45) is 23.5 Å². The molecule has 3 atom stereocenters. The van der Waals surface area contributed by atoms with Gasteiger partial charge >= 0.3 is 0 Å². The molecule has 2 N–H and O–H groups in total. The Kier molecular flexibility index (Phi) is 3.08. The van der Waals surface area contributed by atoms with Gasteiger partial charge in [-0.3, -0.25) is 0 Å². The lowest BCUT2D eigenvalue weighted by molar-refractivity contribution is 0.199. The largest absolute Gasteiger partial charge is 0.328 e. The summed E-state index contributed by atoms with van der Waals surface area (Å²) < 4.78 is 22.1. The van der Waals surface area contributed by atoms with Gasteiger partial charge in [-0.25, -0.2) is 8.42 Å². The first-order valence-electron chi connectivity index (χ1n) is 5.92. The quantitative estimate of drug-likeness (QED) is 0.776. The monoisotopic (exact) mass is 231 g/mol. The normalized spacial score (nSPS) is 41.1. The van der Waals surface area contributed by atoms with Crippen LogP contribution in [-0.4, -0.2) is 26.0 Å². The van der Waals surface area contributed by atoms with Crippen LogP contribution in [0.3, 0.4) is 0 Å². The van der Waals surface area contributed by atoms with Crippen molar-refractivity contribution in [3.05, 3.63) is 0 Å². The number of hydrogen-bond donors (Lipinski definition) is 1. The summed E-state index contributed by atoms with van der Waals surface area (Å²) in [5, 5.41) is 0. The minimum absolute atomic E-state index is 0.350. The third-order valence-electron chi connectivity index (χ3n) is 4.02. The first-order chi connectivity index (χ1) is 6.96. The standard InChI is InChI=1S/C11H21NO2S/c1-8-2-3-11(12)5-10(8)4-9-6-15(13,14)7-9/h8-11H,2-7,12H2,1H3. The molecule has 1 heterocycles. The van der Waals surface area contributed by atoms with E-state index in [1.54, 1.807) is 0 Å². The zero-order chi connectivity index (χ0) is 11.1. The zero-order valence-electron chi connectivity index (χ0n) is 9.35. The fourth-order valence-corrected chi connectivity index (χ4v) is 4.62. The van der Waals surface area contributed by atoms with Gasteiger partial charge in [-0.1, -0.05) is 6.92 Å². The second-order valence-corrected chi connectivity index (χ2v) is 7.64. The van der Waals surface area contributed by atoms with E-state index < -0.39 is 9.84 Å². The fourth-order valence-electron chi connectivity index (χ4n) is 3.01. The highest BCUT2D eigenvalue weighted by atomic mass is 32.2. The number of rotatable bonds is 2. The summed E-state index contributed by atoms with van der Waals surface area (Å²) in [5.41, 5.74) is 5.96. The van der Waals surface area contributed by atoms with Crippen LogP contribution in [0.5, 0.6) is 0 Å². The Hall–Kier alpha value is -0.0900. The minimum atomic E-state index is -2.64. The van der Waals surface area contributed by atoms with Crippen LogP contribution in [0.1, 0.15) is 32.6 Å². The molecule has 0 aromatic rings. The van der Waals surface area contributed by atoms with Gasteiger partial charge in [0.2, 0.25) is 0 Å². The average Bonchev–Trinajstić information content (AvgIpc) is 2.08. The fraction of sp³-hybridized carbons (Fsp3) is 1.00. The summed E-state index contributed by atoms with van der Waals surface area (Å²) in [7, 11) is -2.64.